The van der Waals surface area contributed by atoms with Crippen LogP contribution in [0.5, 0.6) is 11.5 Å². The third kappa shape index (κ3) is 5.75. The zero-order chi connectivity index (χ0) is 18.9. The topological polar surface area (TPSA) is 89.0 Å². The van der Waals surface area contributed by atoms with Crippen LogP contribution in [0.4, 0.5) is 0 Å². The van der Waals surface area contributed by atoms with E-state index in [9.17, 15) is 9.59 Å². The minimum Gasteiger partial charge on any atom is -0.493 e. The summed E-state index contributed by atoms with van der Waals surface area (Å²) in [6.07, 6.45) is 5.83. The smallest absolute Gasteiger partial charge is 0.271 e. The van der Waals surface area contributed by atoms with Crippen LogP contribution in [-0.2, 0) is 4.79 Å². The largest absolute Gasteiger partial charge is 0.493 e. The van der Waals surface area contributed by atoms with Gasteiger partial charge < -0.3 is 14.8 Å². The van der Waals surface area contributed by atoms with Crippen molar-refractivity contribution in [1.29, 1.82) is 0 Å². The number of carbonyl (C=O) groups excluding carboxylic acids is 2. The highest BCUT2D eigenvalue weighted by Crippen LogP contribution is 2.27. The number of hydrogen-bond acceptors (Lipinski definition) is 5. The van der Waals surface area contributed by atoms with Gasteiger partial charge in [0.05, 0.1) is 20.6 Å². The van der Waals surface area contributed by atoms with Crippen molar-refractivity contribution >= 4 is 17.5 Å². The number of nitrogens with zero attached hydrogens (tertiary/aromatic N) is 1. The molecule has 2 rings (SSSR count). The molecule has 0 atom stereocenters. The Balaban J connectivity index is 1.87. The average molecular weight is 361 g/mol. The number of nitrogens with one attached hydrogen (secondary N) is 2. The van der Waals surface area contributed by atoms with E-state index in [-0.39, 0.29) is 24.3 Å². The van der Waals surface area contributed by atoms with E-state index in [1.54, 1.807) is 25.1 Å². The van der Waals surface area contributed by atoms with Crippen LogP contribution in [0, 0.1) is 0 Å². The van der Waals surface area contributed by atoms with Gasteiger partial charge in [0.1, 0.15) is 0 Å². The minimum atomic E-state index is -0.377. The van der Waals surface area contributed by atoms with Crippen molar-refractivity contribution in [3.63, 3.8) is 0 Å². The number of carbonyl (C=O) groups is 2. The predicted molar refractivity (Wildman–Crippen MR) is 99.8 cm³/mol. The van der Waals surface area contributed by atoms with Crippen molar-refractivity contribution in [3.8, 4) is 11.5 Å². The van der Waals surface area contributed by atoms with Gasteiger partial charge in [0.25, 0.3) is 5.91 Å². The fraction of sp³-hybridized carbons (Fsp3) is 0.526. The molecule has 0 aromatic heterocycles. The van der Waals surface area contributed by atoms with Crippen molar-refractivity contribution < 1.29 is 19.1 Å². The second-order valence-electron chi connectivity index (χ2n) is 6.44. The van der Waals surface area contributed by atoms with Crippen LogP contribution < -0.4 is 20.2 Å². The molecule has 0 spiro atoms. The van der Waals surface area contributed by atoms with E-state index in [0.29, 0.717) is 22.8 Å². The molecule has 1 aliphatic rings. The fourth-order valence-corrected chi connectivity index (χ4v) is 2.99. The number of benzene rings is 1. The zero-order valence-electron chi connectivity index (χ0n) is 15.6. The van der Waals surface area contributed by atoms with Gasteiger partial charge in [-0.3, -0.25) is 9.59 Å². The van der Waals surface area contributed by atoms with Crippen LogP contribution in [0.15, 0.2) is 23.3 Å². The van der Waals surface area contributed by atoms with Gasteiger partial charge in [0.15, 0.2) is 11.5 Å². The lowest BCUT2D eigenvalue weighted by Crippen LogP contribution is -2.37. The van der Waals surface area contributed by atoms with Crippen molar-refractivity contribution in [1.82, 2.24) is 10.7 Å². The Bertz CT molecular complexity index is 667. The van der Waals surface area contributed by atoms with Gasteiger partial charge in [-0.15, -0.1) is 0 Å². The van der Waals surface area contributed by atoms with Crippen molar-refractivity contribution in [3.05, 3.63) is 23.8 Å². The van der Waals surface area contributed by atoms with Gasteiger partial charge in [-0.05, 0) is 38.0 Å². The molecule has 0 saturated heterocycles. The summed E-state index contributed by atoms with van der Waals surface area (Å²) in [5.74, 6) is 0.576. The normalized spacial score (nSPS) is 15.3. The van der Waals surface area contributed by atoms with Crippen molar-refractivity contribution in [2.45, 2.75) is 51.5 Å². The van der Waals surface area contributed by atoms with Gasteiger partial charge in [0.2, 0.25) is 5.91 Å². The molecule has 26 heavy (non-hydrogen) atoms. The maximum atomic E-state index is 12.2. The first-order valence-electron chi connectivity index (χ1n) is 8.88. The van der Waals surface area contributed by atoms with Gasteiger partial charge in [-0.2, -0.15) is 5.10 Å². The maximum Gasteiger partial charge on any atom is 0.271 e. The summed E-state index contributed by atoms with van der Waals surface area (Å²) in [5, 5.41) is 7.05. The first-order chi connectivity index (χ1) is 12.5. The van der Waals surface area contributed by atoms with Crippen LogP contribution in [0.2, 0.25) is 0 Å². The molecule has 1 aliphatic carbocycles. The first-order valence-corrected chi connectivity index (χ1v) is 8.88. The number of methoxy groups -OCH3 is 2. The molecule has 2 amide bonds. The Morgan fingerprint density at radius 3 is 2.46 bits per heavy atom. The van der Waals surface area contributed by atoms with E-state index in [1.165, 1.54) is 33.5 Å². The summed E-state index contributed by atoms with van der Waals surface area (Å²) in [6.45, 7) is 1.72. The van der Waals surface area contributed by atoms with Crippen LogP contribution in [0.1, 0.15) is 55.8 Å². The van der Waals surface area contributed by atoms with E-state index in [1.807, 2.05) is 0 Å². The highest BCUT2D eigenvalue weighted by Gasteiger charge is 2.16. The number of hydrazone groups is 1. The summed E-state index contributed by atoms with van der Waals surface area (Å²) in [6, 6.07) is 5.12. The molecular weight excluding hydrogens is 334 g/mol. The standard InChI is InChI=1S/C19H27N3O4/c1-13(11-18(23)20-15-7-5-4-6-8-15)21-22-19(24)14-9-10-16(25-2)17(12-14)26-3/h9-10,12,15H,4-8,11H2,1-3H3,(H,20,23)(H,22,24). The van der Waals surface area contributed by atoms with Crippen LogP contribution >= 0.6 is 0 Å². The molecule has 0 unspecified atom stereocenters. The van der Waals surface area contributed by atoms with E-state index in [0.717, 1.165) is 12.8 Å². The van der Waals surface area contributed by atoms with E-state index >= 15 is 0 Å². The van der Waals surface area contributed by atoms with E-state index in [2.05, 4.69) is 15.8 Å². The van der Waals surface area contributed by atoms with Crippen molar-refractivity contribution in [2.75, 3.05) is 14.2 Å². The molecular formula is C19H27N3O4. The second-order valence-corrected chi connectivity index (χ2v) is 6.44. The molecule has 1 fully saturated rings. The highest BCUT2D eigenvalue weighted by atomic mass is 16.5. The number of amides is 2. The molecule has 7 nitrogen and oxygen atoms in total. The van der Waals surface area contributed by atoms with Crippen LogP contribution in [-0.4, -0.2) is 37.8 Å². The Kier molecular flexibility index (Phi) is 7.44. The predicted octanol–water partition coefficient (Wildman–Crippen LogP) is 2.65. The second kappa shape index (κ2) is 9.79. The molecule has 1 aromatic rings. The van der Waals surface area contributed by atoms with Crippen LogP contribution in [0.25, 0.3) is 0 Å². The lowest BCUT2D eigenvalue weighted by Gasteiger charge is -2.22. The molecule has 7 heteroatoms. The highest BCUT2D eigenvalue weighted by molar-refractivity contribution is 6.01. The Labute approximate surface area is 154 Å². The molecule has 0 heterocycles. The van der Waals surface area contributed by atoms with Gasteiger partial charge >= 0.3 is 0 Å². The van der Waals surface area contributed by atoms with Gasteiger partial charge in [-0.25, -0.2) is 5.43 Å². The molecule has 1 aromatic carbocycles. The van der Waals surface area contributed by atoms with E-state index in [4.69, 9.17) is 9.47 Å². The summed E-state index contributed by atoms with van der Waals surface area (Å²) in [5.41, 5.74) is 3.41. The molecule has 0 aliphatic heterocycles. The minimum absolute atomic E-state index is 0.0569. The Hall–Kier alpha value is -2.57. The molecule has 0 radical (unpaired) electrons. The molecule has 142 valence electrons. The zero-order valence-corrected chi connectivity index (χ0v) is 15.6. The lowest BCUT2D eigenvalue weighted by molar-refractivity contribution is -0.120. The van der Waals surface area contributed by atoms with Gasteiger partial charge in [0, 0.05) is 17.3 Å². The Morgan fingerprint density at radius 1 is 1.12 bits per heavy atom. The number of ether oxygens (including phenoxy) is 2. The summed E-state index contributed by atoms with van der Waals surface area (Å²) < 4.78 is 10.3. The SMILES string of the molecule is COc1ccc(C(=O)NN=C(C)CC(=O)NC2CCCCC2)cc1OC. The van der Waals surface area contributed by atoms with E-state index < -0.39 is 0 Å². The molecule has 2 N–H and O–H groups in total. The van der Waals surface area contributed by atoms with Crippen LogP contribution in [0.3, 0.4) is 0 Å². The molecule has 1 saturated carbocycles. The summed E-state index contributed by atoms with van der Waals surface area (Å²) >= 11 is 0. The summed E-state index contributed by atoms with van der Waals surface area (Å²) in [4.78, 5) is 24.3. The quantitative estimate of drug-likeness (QED) is 0.577. The Morgan fingerprint density at radius 2 is 1.81 bits per heavy atom. The third-order valence-electron chi connectivity index (χ3n) is 4.38. The monoisotopic (exact) mass is 361 g/mol. The first kappa shape index (κ1) is 19.8. The van der Waals surface area contributed by atoms with Crippen molar-refractivity contribution in [2.24, 2.45) is 5.10 Å². The average Bonchev–Trinajstić information content (AvgIpc) is 2.66. The summed E-state index contributed by atoms with van der Waals surface area (Å²) in [7, 11) is 3.04. The maximum absolute atomic E-state index is 12.2. The molecule has 0 bridgehead atoms. The third-order valence-corrected chi connectivity index (χ3v) is 4.38. The fourth-order valence-electron chi connectivity index (χ4n) is 2.99. The van der Waals surface area contributed by atoms with Gasteiger partial charge in [-0.1, -0.05) is 19.3 Å². The number of rotatable bonds is 7. The lowest BCUT2D eigenvalue weighted by atomic mass is 9.95. The number of hydrogen-bond donors (Lipinski definition) is 2.